The van der Waals surface area contributed by atoms with Gasteiger partial charge in [0.05, 0.1) is 17.7 Å². The molecule has 0 unspecified atom stereocenters. The summed E-state index contributed by atoms with van der Waals surface area (Å²) in [4.78, 5) is 42.4. The van der Waals surface area contributed by atoms with Gasteiger partial charge in [-0.1, -0.05) is 18.2 Å². The minimum atomic E-state index is -0.332. The molecule has 1 aliphatic heterocycles. The Bertz CT molecular complexity index is 864. The lowest BCUT2D eigenvalue weighted by molar-refractivity contribution is 0.0859. The van der Waals surface area contributed by atoms with E-state index in [4.69, 9.17) is 4.74 Å². The van der Waals surface area contributed by atoms with Crippen molar-refractivity contribution in [1.29, 1.82) is 0 Å². The molecule has 2 aromatic rings. The van der Waals surface area contributed by atoms with Crippen molar-refractivity contribution in [3.8, 4) is 0 Å². The number of nitrogens with one attached hydrogen (secondary N) is 2. The van der Waals surface area contributed by atoms with Crippen LogP contribution in [0, 0.1) is 0 Å². The lowest BCUT2D eigenvalue weighted by Gasteiger charge is -2.31. The molecular weight excluding hydrogens is 372 g/mol. The minimum Gasteiger partial charge on any atom is -0.450 e. The summed E-state index contributed by atoms with van der Waals surface area (Å²) in [5.41, 5.74) is 1.29. The fourth-order valence-corrected chi connectivity index (χ4v) is 3.10. The maximum absolute atomic E-state index is 12.6. The summed E-state index contributed by atoms with van der Waals surface area (Å²) in [5.74, 6) is -0.623. The summed E-state index contributed by atoms with van der Waals surface area (Å²) < 4.78 is 5.00. The van der Waals surface area contributed by atoms with Crippen LogP contribution in [0.2, 0.25) is 0 Å². The third-order valence-electron chi connectivity index (χ3n) is 4.65. The van der Waals surface area contributed by atoms with E-state index < -0.39 is 0 Å². The van der Waals surface area contributed by atoms with Gasteiger partial charge in [-0.05, 0) is 38.0 Å². The molecule has 152 valence electrons. The van der Waals surface area contributed by atoms with E-state index in [2.05, 4.69) is 15.6 Å². The highest BCUT2D eigenvalue weighted by molar-refractivity contribution is 6.05. The first-order chi connectivity index (χ1) is 14.1. The second-order valence-electron chi connectivity index (χ2n) is 6.72. The number of para-hydroxylation sites is 1. The molecule has 1 aromatic carbocycles. The van der Waals surface area contributed by atoms with Crippen LogP contribution in [-0.2, 0) is 4.74 Å². The summed E-state index contributed by atoms with van der Waals surface area (Å²) >= 11 is 0. The summed E-state index contributed by atoms with van der Waals surface area (Å²) in [5, 5.41) is 5.72. The van der Waals surface area contributed by atoms with Gasteiger partial charge in [0.25, 0.3) is 11.8 Å². The Morgan fingerprint density at radius 1 is 1.07 bits per heavy atom. The quantitative estimate of drug-likeness (QED) is 0.809. The number of pyridine rings is 1. The van der Waals surface area contributed by atoms with E-state index in [1.165, 1.54) is 18.5 Å². The van der Waals surface area contributed by atoms with Crippen molar-refractivity contribution in [3.63, 3.8) is 0 Å². The van der Waals surface area contributed by atoms with Crippen LogP contribution in [0.1, 0.15) is 40.5 Å². The third kappa shape index (κ3) is 5.54. The van der Waals surface area contributed by atoms with Crippen LogP contribution >= 0.6 is 0 Å². The van der Waals surface area contributed by atoms with E-state index in [9.17, 15) is 14.4 Å². The molecule has 0 spiro atoms. The van der Waals surface area contributed by atoms with Crippen LogP contribution in [0.4, 0.5) is 10.5 Å². The van der Waals surface area contributed by atoms with E-state index in [1.54, 1.807) is 24.0 Å². The molecule has 8 nitrogen and oxygen atoms in total. The summed E-state index contributed by atoms with van der Waals surface area (Å²) in [6.07, 6.45) is 3.83. The van der Waals surface area contributed by atoms with Crippen LogP contribution in [0.3, 0.4) is 0 Å². The smallest absolute Gasteiger partial charge is 0.409 e. The normalized spacial score (nSPS) is 14.2. The van der Waals surface area contributed by atoms with Gasteiger partial charge in [-0.15, -0.1) is 0 Å². The van der Waals surface area contributed by atoms with E-state index >= 15 is 0 Å². The van der Waals surface area contributed by atoms with Crippen LogP contribution < -0.4 is 10.6 Å². The Morgan fingerprint density at radius 3 is 2.38 bits per heavy atom. The summed E-state index contributed by atoms with van der Waals surface area (Å²) in [6, 6.07) is 10.5. The fourth-order valence-electron chi connectivity index (χ4n) is 3.10. The number of hydrogen-bond donors (Lipinski definition) is 2. The van der Waals surface area contributed by atoms with E-state index in [0.29, 0.717) is 49.4 Å². The number of anilines is 1. The third-order valence-corrected chi connectivity index (χ3v) is 4.65. The van der Waals surface area contributed by atoms with Crippen molar-refractivity contribution in [2.45, 2.75) is 25.8 Å². The van der Waals surface area contributed by atoms with E-state index in [1.807, 2.05) is 18.2 Å². The number of ether oxygens (including phenoxy) is 1. The number of carbonyl (C=O) groups excluding carboxylic acids is 3. The number of likely N-dealkylation sites (tertiary alicyclic amines) is 1. The standard InChI is InChI=1S/C21H24N4O4/c1-2-29-21(28)25-10-8-18(9-11-25)24-20(27)16-12-15(13-22-14-16)19(26)23-17-6-4-3-5-7-17/h3-7,12-14,18H,2,8-11H2,1H3,(H,23,26)(H,24,27). The molecule has 3 amide bonds. The average Bonchev–Trinajstić information content (AvgIpc) is 2.75. The monoisotopic (exact) mass is 396 g/mol. The first kappa shape index (κ1) is 20.3. The average molecular weight is 396 g/mol. The highest BCUT2D eigenvalue weighted by Gasteiger charge is 2.25. The maximum atomic E-state index is 12.6. The van der Waals surface area contributed by atoms with Crippen molar-refractivity contribution in [2.24, 2.45) is 0 Å². The van der Waals surface area contributed by atoms with E-state index in [-0.39, 0.29) is 23.9 Å². The van der Waals surface area contributed by atoms with Crippen molar-refractivity contribution < 1.29 is 19.1 Å². The SMILES string of the molecule is CCOC(=O)N1CCC(NC(=O)c2cncc(C(=O)Nc3ccccc3)c2)CC1. The number of nitrogens with zero attached hydrogens (tertiary/aromatic N) is 2. The van der Waals surface area contributed by atoms with Gasteiger partial charge >= 0.3 is 6.09 Å². The molecule has 1 saturated heterocycles. The molecule has 0 radical (unpaired) electrons. The Kier molecular flexibility index (Phi) is 6.78. The number of benzene rings is 1. The number of carbonyl (C=O) groups is 3. The summed E-state index contributed by atoms with van der Waals surface area (Å²) in [7, 11) is 0. The molecule has 1 aliphatic rings. The molecule has 3 rings (SSSR count). The maximum Gasteiger partial charge on any atom is 0.409 e. The Morgan fingerprint density at radius 2 is 1.72 bits per heavy atom. The minimum absolute atomic E-state index is 0.0463. The molecule has 29 heavy (non-hydrogen) atoms. The highest BCUT2D eigenvalue weighted by atomic mass is 16.6. The number of amides is 3. The lowest BCUT2D eigenvalue weighted by atomic mass is 10.0. The van der Waals surface area contributed by atoms with Crippen molar-refractivity contribution >= 4 is 23.6 Å². The molecule has 1 aromatic heterocycles. The van der Waals surface area contributed by atoms with Crippen molar-refractivity contribution in [1.82, 2.24) is 15.2 Å². The van der Waals surface area contributed by atoms with Gasteiger partial charge in [-0.3, -0.25) is 14.6 Å². The molecule has 2 N–H and O–H groups in total. The van der Waals surface area contributed by atoms with Crippen molar-refractivity contribution in [3.05, 3.63) is 59.9 Å². The van der Waals surface area contributed by atoms with Gasteiger partial charge in [-0.2, -0.15) is 0 Å². The zero-order chi connectivity index (χ0) is 20.6. The number of piperidine rings is 1. The van der Waals surface area contributed by atoms with Gasteiger partial charge in [-0.25, -0.2) is 4.79 Å². The zero-order valence-corrected chi connectivity index (χ0v) is 16.3. The first-order valence-electron chi connectivity index (χ1n) is 9.61. The van der Waals surface area contributed by atoms with Gasteiger partial charge in [0.1, 0.15) is 0 Å². The zero-order valence-electron chi connectivity index (χ0n) is 16.3. The first-order valence-corrected chi connectivity index (χ1v) is 9.61. The Hall–Kier alpha value is -3.42. The molecule has 0 atom stereocenters. The fraction of sp³-hybridized carbons (Fsp3) is 0.333. The lowest BCUT2D eigenvalue weighted by Crippen LogP contribution is -2.46. The largest absolute Gasteiger partial charge is 0.450 e. The molecular formula is C21H24N4O4. The summed E-state index contributed by atoms with van der Waals surface area (Å²) in [6.45, 7) is 3.17. The molecule has 8 heteroatoms. The van der Waals surface area contributed by atoms with Crippen LogP contribution in [0.15, 0.2) is 48.8 Å². The van der Waals surface area contributed by atoms with Gasteiger partial charge in [0, 0.05) is 37.2 Å². The number of rotatable bonds is 5. The van der Waals surface area contributed by atoms with Gasteiger partial charge in [0.2, 0.25) is 0 Å². The molecule has 0 bridgehead atoms. The van der Waals surface area contributed by atoms with Gasteiger partial charge in [0.15, 0.2) is 0 Å². The highest BCUT2D eigenvalue weighted by Crippen LogP contribution is 2.13. The molecule has 2 heterocycles. The van der Waals surface area contributed by atoms with Crippen LogP contribution in [-0.4, -0.2) is 53.5 Å². The number of aromatic nitrogens is 1. The van der Waals surface area contributed by atoms with Crippen LogP contribution in [0.25, 0.3) is 0 Å². The topological polar surface area (TPSA) is 101 Å². The predicted molar refractivity (Wildman–Crippen MR) is 108 cm³/mol. The van der Waals surface area contributed by atoms with Crippen molar-refractivity contribution in [2.75, 3.05) is 25.0 Å². The van der Waals surface area contributed by atoms with E-state index in [0.717, 1.165) is 0 Å². The van der Waals surface area contributed by atoms with Crippen LogP contribution in [0.5, 0.6) is 0 Å². The number of hydrogen-bond acceptors (Lipinski definition) is 5. The molecule has 0 saturated carbocycles. The second kappa shape index (κ2) is 9.68. The molecule has 0 aliphatic carbocycles. The van der Waals surface area contributed by atoms with Gasteiger partial charge < -0.3 is 20.3 Å². The Balaban J connectivity index is 1.56. The predicted octanol–water partition coefficient (Wildman–Crippen LogP) is 2.68. The Labute approximate surface area is 169 Å². The molecule has 1 fully saturated rings. The second-order valence-corrected chi connectivity index (χ2v) is 6.72.